The molecule has 1 saturated heterocycles. The monoisotopic (exact) mass is 286 g/mol. The molecule has 1 aromatic heterocycles. The van der Waals surface area contributed by atoms with Crippen LogP contribution in [-0.4, -0.2) is 47.7 Å². The third-order valence-electron chi connectivity index (χ3n) is 3.53. The standard InChI is InChI=1S/C13H22N4O.ClH/c1-3-11-7-12(16-15-11)13(18)17-6-4-5-10(9-17)8-14-2;/h7,10,14H,3-6,8-9H2,1-2H3,(H,15,16);1H. The molecule has 1 atom stereocenters. The molecule has 1 aromatic rings. The summed E-state index contributed by atoms with van der Waals surface area (Å²) in [5.74, 6) is 0.629. The lowest BCUT2D eigenvalue weighted by Crippen LogP contribution is -2.42. The van der Waals surface area contributed by atoms with Crippen molar-refractivity contribution in [3.05, 3.63) is 17.5 Å². The predicted octanol–water partition coefficient (Wildman–Crippen LogP) is 1.47. The molecule has 6 heteroatoms. The molecule has 1 fully saturated rings. The SMILES string of the molecule is CCc1cc(C(=O)N2CCCC(CNC)C2)n[nH]1.Cl. The second-order valence-electron chi connectivity index (χ2n) is 4.95. The second kappa shape index (κ2) is 7.50. The summed E-state index contributed by atoms with van der Waals surface area (Å²) in [5, 5.41) is 10.2. The molecule has 1 amide bonds. The summed E-state index contributed by atoms with van der Waals surface area (Å²) >= 11 is 0. The molecule has 0 saturated carbocycles. The summed E-state index contributed by atoms with van der Waals surface area (Å²) in [4.78, 5) is 14.2. The summed E-state index contributed by atoms with van der Waals surface area (Å²) in [6.45, 7) is 4.72. The number of likely N-dealkylation sites (tertiary alicyclic amines) is 1. The first-order chi connectivity index (χ1) is 8.74. The van der Waals surface area contributed by atoms with Gasteiger partial charge in [-0.25, -0.2) is 0 Å². The van der Waals surface area contributed by atoms with E-state index >= 15 is 0 Å². The van der Waals surface area contributed by atoms with Gasteiger partial charge in [-0.15, -0.1) is 12.4 Å². The summed E-state index contributed by atoms with van der Waals surface area (Å²) in [6.07, 6.45) is 3.16. The van der Waals surface area contributed by atoms with E-state index in [0.29, 0.717) is 11.6 Å². The van der Waals surface area contributed by atoms with Crippen LogP contribution in [0.3, 0.4) is 0 Å². The lowest BCUT2D eigenvalue weighted by atomic mass is 9.98. The van der Waals surface area contributed by atoms with Crippen LogP contribution in [0, 0.1) is 5.92 Å². The fraction of sp³-hybridized carbons (Fsp3) is 0.692. The van der Waals surface area contributed by atoms with Crippen LogP contribution >= 0.6 is 12.4 Å². The highest BCUT2D eigenvalue weighted by Gasteiger charge is 2.25. The van der Waals surface area contributed by atoms with E-state index in [0.717, 1.165) is 38.2 Å². The van der Waals surface area contributed by atoms with Crippen LogP contribution in [-0.2, 0) is 6.42 Å². The van der Waals surface area contributed by atoms with Crippen molar-refractivity contribution in [3.8, 4) is 0 Å². The van der Waals surface area contributed by atoms with Gasteiger partial charge in [0.05, 0.1) is 0 Å². The number of aryl methyl sites for hydroxylation is 1. The van der Waals surface area contributed by atoms with E-state index in [2.05, 4.69) is 15.5 Å². The zero-order valence-corrected chi connectivity index (χ0v) is 12.4. The van der Waals surface area contributed by atoms with Crippen molar-refractivity contribution in [3.63, 3.8) is 0 Å². The molecular weight excluding hydrogens is 264 g/mol. The van der Waals surface area contributed by atoms with Gasteiger partial charge >= 0.3 is 0 Å². The van der Waals surface area contributed by atoms with Crippen molar-refractivity contribution in [2.24, 2.45) is 5.92 Å². The van der Waals surface area contributed by atoms with Crippen molar-refractivity contribution >= 4 is 18.3 Å². The highest BCUT2D eigenvalue weighted by atomic mass is 35.5. The van der Waals surface area contributed by atoms with Crippen LogP contribution in [0.25, 0.3) is 0 Å². The Kier molecular flexibility index (Phi) is 6.31. The molecule has 0 aromatic carbocycles. The van der Waals surface area contributed by atoms with Crippen molar-refractivity contribution < 1.29 is 4.79 Å². The van der Waals surface area contributed by atoms with Gasteiger partial charge in [-0.1, -0.05) is 6.92 Å². The Bertz CT molecular complexity index is 405. The van der Waals surface area contributed by atoms with Crippen molar-refractivity contribution in [1.82, 2.24) is 20.4 Å². The lowest BCUT2D eigenvalue weighted by molar-refractivity contribution is 0.0668. The van der Waals surface area contributed by atoms with E-state index in [1.807, 2.05) is 24.9 Å². The number of amides is 1. The van der Waals surface area contributed by atoms with Gasteiger partial charge in [-0.3, -0.25) is 9.89 Å². The number of aromatic nitrogens is 2. The molecule has 2 heterocycles. The van der Waals surface area contributed by atoms with Crippen molar-refractivity contribution in [2.75, 3.05) is 26.7 Å². The van der Waals surface area contributed by atoms with Crippen LogP contribution in [0.1, 0.15) is 35.9 Å². The number of H-pyrrole nitrogens is 1. The van der Waals surface area contributed by atoms with Gasteiger partial charge in [0, 0.05) is 18.8 Å². The van der Waals surface area contributed by atoms with E-state index in [1.165, 1.54) is 6.42 Å². The highest BCUT2D eigenvalue weighted by Crippen LogP contribution is 2.17. The molecule has 1 unspecified atom stereocenters. The minimum absolute atomic E-state index is 0. The van der Waals surface area contributed by atoms with Gasteiger partial charge in [0.25, 0.3) is 5.91 Å². The first kappa shape index (κ1) is 16.0. The van der Waals surface area contributed by atoms with Crippen LogP contribution in [0.4, 0.5) is 0 Å². The lowest BCUT2D eigenvalue weighted by Gasteiger charge is -2.32. The molecule has 0 bridgehead atoms. The number of hydrogen-bond donors (Lipinski definition) is 2. The number of piperidine rings is 1. The third kappa shape index (κ3) is 3.94. The number of nitrogens with one attached hydrogen (secondary N) is 2. The Hall–Kier alpha value is -1.07. The van der Waals surface area contributed by atoms with Gasteiger partial charge in [-0.2, -0.15) is 5.10 Å². The second-order valence-corrected chi connectivity index (χ2v) is 4.95. The van der Waals surface area contributed by atoms with Gasteiger partial charge < -0.3 is 10.2 Å². The molecule has 19 heavy (non-hydrogen) atoms. The molecular formula is C13H23ClN4O. The van der Waals surface area contributed by atoms with Crippen LogP contribution in [0.2, 0.25) is 0 Å². The first-order valence-corrected chi connectivity index (χ1v) is 6.72. The number of halogens is 1. The number of carbonyl (C=O) groups is 1. The first-order valence-electron chi connectivity index (χ1n) is 6.72. The molecule has 2 rings (SSSR count). The van der Waals surface area contributed by atoms with Crippen molar-refractivity contribution in [2.45, 2.75) is 26.2 Å². The largest absolute Gasteiger partial charge is 0.337 e. The fourth-order valence-corrected chi connectivity index (χ4v) is 2.52. The average molecular weight is 287 g/mol. The summed E-state index contributed by atoms with van der Waals surface area (Å²) < 4.78 is 0. The van der Waals surface area contributed by atoms with Crippen LogP contribution in [0.15, 0.2) is 6.07 Å². The van der Waals surface area contributed by atoms with E-state index in [-0.39, 0.29) is 18.3 Å². The number of hydrogen-bond acceptors (Lipinski definition) is 3. The fourth-order valence-electron chi connectivity index (χ4n) is 2.52. The number of carbonyl (C=O) groups excluding carboxylic acids is 1. The van der Waals surface area contributed by atoms with E-state index < -0.39 is 0 Å². The maximum absolute atomic E-state index is 12.3. The minimum Gasteiger partial charge on any atom is -0.337 e. The Labute approximate surface area is 120 Å². The molecule has 0 radical (unpaired) electrons. The Morgan fingerprint density at radius 2 is 2.42 bits per heavy atom. The molecule has 0 spiro atoms. The number of rotatable bonds is 4. The van der Waals surface area contributed by atoms with Crippen molar-refractivity contribution in [1.29, 1.82) is 0 Å². The molecule has 1 aliphatic heterocycles. The number of aromatic amines is 1. The highest BCUT2D eigenvalue weighted by molar-refractivity contribution is 5.92. The molecule has 2 N–H and O–H groups in total. The topological polar surface area (TPSA) is 61.0 Å². The normalized spacial score (nSPS) is 19.1. The summed E-state index contributed by atoms with van der Waals surface area (Å²) in [7, 11) is 1.96. The van der Waals surface area contributed by atoms with Gasteiger partial charge in [0.1, 0.15) is 5.69 Å². The van der Waals surface area contributed by atoms with E-state index in [9.17, 15) is 4.79 Å². The Morgan fingerprint density at radius 3 is 3.05 bits per heavy atom. The zero-order valence-electron chi connectivity index (χ0n) is 11.6. The Morgan fingerprint density at radius 1 is 1.63 bits per heavy atom. The molecule has 1 aliphatic rings. The Balaban J connectivity index is 0.00000180. The predicted molar refractivity (Wildman–Crippen MR) is 77.8 cm³/mol. The van der Waals surface area contributed by atoms with Gasteiger partial charge in [-0.05, 0) is 44.8 Å². The van der Waals surface area contributed by atoms with E-state index in [4.69, 9.17) is 0 Å². The smallest absolute Gasteiger partial charge is 0.274 e. The molecule has 108 valence electrons. The third-order valence-corrected chi connectivity index (χ3v) is 3.53. The van der Waals surface area contributed by atoms with Gasteiger partial charge in [0.2, 0.25) is 0 Å². The van der Waals surface area contributed by atoms with Crippen LogP contribution in [0.5, 0.6) is 0 Å². The molecule has 0 aliphatic carbocycles. The van der Waals surface area contributed by atoms with Gasteiger partial charge in [0.15, 0.2) is 0 Å². The zero-order chi connectivity index (χ0) is 13.0. The minimum atomic E-state index is 0. The number of nitrogens with zero attached hydrogens (tertiary/aromatic N) is 2. The quantitative estimate of drug-likeness (QED) is 0.881. The summed E-state index contributed by atoms with van der Waals surface area (Å²) in [6, 6.07) is 1.87. The van der Waals surface area contributed by atoms with Crippen LogP contribution < -0.4 is 5.32 Å². The molecule has 5 nitrogen and oxygen atoms in total. The maximum Gasteiger partial charge on any atom is 0.274 e. The van der Waals surface area contributed by atoms with E-state index in [1.54, 1.807) is 0 Å². The average Bonchev–Trinajstić information content (AvgIpc) is 2.87. The summed E-state index contributed by atoms with van der Waals surface area (Å²) in [5.41, 5.74) is 1.57. The maximum atomic E-state index is 12.3.